The van der Waals surface area contributed by atoms with Crippen molar-refractivity contribution in [1.29, 1.82) is 0 Å². The van der Waals surface area contributed by atoms with E-state index in [1.54, 1.807) is 18.6 Å². The molecule has 0 saturated carbocycles. The molecule has 224 valence electrons. The Morgan fingerprint density at radius 3 is 2.18 bits per heavy atom. The van der Waals surface area contributed by atoms with Crippen LogP contribution in [0.5, 0.6) is 0 Å². The Kier molecular flexibility index (Phi) is 7.19. The quantitative estimate of drug-likeness (QED) is 0.223. The molecule has 45 heavy (non-hydrogen) atoms. The fraction of sp³-hybridized carbons (Fsp3) is 0.111. The lowest BCUT2D eigenvalue weighted by atomic mass is 9.70. The number of nitrogens with zero attached hydrogens (tertiary/aromatic N) is 5. The minimum atomic E-state index is -3.88. The Labute approximate surface area is 262 Å². The second kappa shape index (κ2) is 11.4. The van der Waals surface area contributed by atoms with Crippen LogP contribution in [0.15, 0.2) is 146 Å². The molecule has 7 rings (SSSR count). The highest BCUT2D eigenvalue weighted by Gasteiger charge is 2.44. The molecule has 1 aliphatic heterocycles. The van der Waals surface area contributed by atoms with Crippen molar-refractivity contribution < 1.29 is 8.42 Å². The van der Waals surface area contributed by atoms with Gasteiger partial charge in [0.05, 0.1) is 16.9 Å². The Balaban J connectivity index is 1.38. The van der Waals surface area contributed by atoms with Gasteiger partial charge in [-0.2, -0.15) is 13.5 Å². The van der Waals surface area contributed by atoms with Gasteiger partial charge in [-0.05, 0) is 48.2 Å². The maximum absolute atomic E-state index is 11.8. The SMILES string of the molecule is Cc1nn(C(c2ccccc2)(c2ccccc2)C2C=CC=CC2)cc1-c1ccc2nccc(N3C=CN(S(N)(=O)=O)C=C3)c2c1. The molecule has 3 heterocycles. The lowest BCUT2D eigenvalue weighted by Crippen LogP contribution is -2.43. The first-order valence-corrected chi connectivity index (χ1v) is 16.2. The fourth-order valence-corrected chi connectivity index (χ4v) is 6.91. The smallest absolute Gasteiger partial charge is 0.302 e. The molecule has 2 aromatic heterocycles. The zero-order valence-electron chi connectivity index (χ0n) is 24.7. The number of aryl methyl sites for hydroxylation is 1. The normalized spacial score (nSPS) is 16.5. The van der Waals surface area contributed by atoms with Crippen LogP contribution in [-0.4, -0.2) is 27.5 Å². The summed E-state index contributed by atoms with van der Waals surface area (Å²) in [6.45, 7) is 2.05. The summed E-state index contributed by atoms with van der Waals surface area (Å²) in [6.07, 6.45) is 19.7. The number of benzene rings is 3. The van der Waals surface area contributed by atoms with Gasteiger partial charge in [-0.25, -0.2) is 9.44 Å². The van der Waals surface area contributed by atoms with Gasteiger partial charge in [0.15, 0.2) is 0 Å². The van der Waals surface area contributed by atoms with Crippen molar-refractivity contribution in [1.82, 2.24) is 19.1 Å². The summed E-state index contributed by atoms with van der Waals surface area (Å²) in [6, 6.07) is 29.4. The zero-order chi connectivity index (χ0) is 31.0. The number of fused-ring (bicyclic) bond motifs is 1. The molecule has 5 aromatic rings. The Bertz CT molecular complexity index is 2050. The number of hydrogen-bond acceptors (Lipinski definition) is 5. The number of aromatic nitrogens is 3. The molecule has 8 nitrogen and oxygen atoms in total. The zero-order valence-corrected chi connectivity index (χ0v) is 25.5. The predicted molar refractivity (Wildman–Crippen MR) is 179 cm³/mol. The van der Waals surface area contributed by atoms with E-state index in [2.05, 4.69) is 120 Å². The van der Waals surface area contributed by atoms with E-state index in [0.717, 1.165) is 55.3 Å². The van der Waals surface area contributed by atoms with Crippen LogP contribution >= 0.6 is 0 Å². The average Bonchev–Trinajstić information content (AvgIpc) is 3.47. The molecule has 1 atom stereocenters. The van der Waals surface area contributed by atoms with E-state index < -0.39 is 15.7 Å². The third-order valence-electron chi connectivity index (χ3n) is 8.56. The van der Waals surface area contributed by atoms with Crippen LogP contribution in [0.2, 0.25) is 0 Å². The maximum atomic E-state index is 11.8. The summed E-state index contributed by atoms with van der Waals surface area (Å²) in [5, 5.41) is 11.5. The number of anilines is 1. The molecule has 2 N–H and O–H groups in total. The first-order chi connectivity index (χ1) is 21.9. The van der Waals surface area contributed by atoms with E-state index in [1.165, 1.54) is 12.4 Å². The van der Waals surface area contributed by atoms with Crippen LogP contribution < -0.4 is 10.0 Å². The lowest BCUT2D eigenvalue weighted by molar-refractivity contribution is 0.292. The average molecular weight is 613 g/mol. The number of nitrogens with two attached hydrogens (primary N) is 1. The Morgan fingerprint density at radius 1 is 0.867 bits per heavy atom. The molecule has 9 heteroatoms. The molecule has 0 amide bonds. The van der Waals surface area contributed by atoms with Gasteiger partial charge in [-0.15, -0.1) is 0 Å². The number of rotatable bonds is 7. The minimum Gasteiger partial charge on any atom is -0.320 e. The van der Waals surface area contributed by atoms with Crippen molar-refractivity contribution in [2.24, 2.45) is 11.1 Å². The summed E-state index contributed by atoms with van der Waals surface area (Å²) in [7, 11) is -3.88. The van der Waals surface area contributed by atoms with Crippen molar-refractivity contribution in [2.75, 3.05) is 4.90 Å². The number of pyridine rings is 1. The highest BCUT2D eigenvalue weighted by molar-refractivity contribution is 7.87. The largest absolute Gasteiger partial charge is 0.320 e. The third kappa shape index (κ3) is 5.05. The van der Waals surface area contributed by atoms with Gasteiger partial charge in [0.25, 0.3) is 0 Å². The first kappa shape index (κ1) is 28.5. The number of allylic oxidation sites excluding steroid dienone is 4. The van der Waals surface area contributed by atoms with Crippen molar-refractivity contribution in [2.45, 2.75) is 18.9 Å². The van der Waals surface area contributed by atoms with Crippen LogP contribution in [0.1, 0.15) is 23.2 Å². The predicted octanol–water partition coefficient (Wildman–Crippen LogP) is 6.60. The molecule has 0 saturated heterocycles. The Hall–Kier alpha value is -5.25. The van der Waals surface area contributed by atoms with Crippen LogP contribution in [0, 0.1) is 12.8 Å². The van der Waals surface area contributed by atoms with Crippen molar-refractivity contribution in [3.05, 3.63) is 163 Å². The molecule has 3 aromatic carbocycles. The standard InChI is InChI=1S/C36H32N6O2S/c1-27-33(28-17-18-34-32(25-28)35(19-20-38-34)40-21-23-41(24-22-40)45(37,43)44)26-42(39-27)36(29-11-5-2-6-12-29,30-13-7-3-8-14-30)31-15-9-4-10-16-31/h2-15,17-26,31H,16H2,1H3,(H2,37,43,44). The highest BCUT2D eigenvalue weighted by Crippen LogP contribution is 2.45. The molecule has 1 aliphatic carbocycles. The van der Waals surface area contributed by atoms with Gasteiger partial charge in [0, 0.05) is 54.1 Å². The maximum Gasteiger partial charge on any atom is 0.302 e. The van der Waals surface area contributed by atoms with Crippen LogP contribution in [-0.2, 0) is 15.7 Å². The second-order valence-electron chi connectivity index (χ2n) is 11.2. The highest BCUT2D eigenvalue weighted by atomic mass is 32.2. The van der Waals surface area contributed by atoms with Crippen LogP contribution in [0.3, 0.4) is 0 Å². The first-order valence-electron chi connectivity index (χ1n) is 14.7. The summed E-state index contributed by atoms with van der Waals surface area (Å²) in [5.74, 6) is 0.126. The van der Waals surface area contributed by atoms with E-state index in [-0.39, 0.29) is 5.92 Å². The molecule has 1 unspecified atom stereocenters. The van der Waals surface area contributed by atoms with E-state index >= 15 is 0 Å². The monoisotopic (exact) mass is 612 g/mol. The third-order valence-corrected chi connectivity index (χ3v) is 9.39. The number of hydrogen-bond donors (Lipinski definition) is 1. The van der Waals surface area contributed by atoms with Crippen LogP contribution in [0.4, 0.5) is 5.69 Å². The van der Waals surface area contributed by atoms with Gasteiger partial charge < -0.3 is 4.90 Å². The molecule has 0 radical (unpaired) electrons. The summed E-state index contributed by atoms with van der Waals surface area (Å²) in [4.78, 5) is 6.45. The van der Waals surface area contributed by atoms with Crippen LogP contribution in [0.25, 0.3) is 22.0 Å². The molecule has 0 spiro atoms. The summed E-state index contributed by atoms with van der Waals surface area (Å²) < 4.78 is 26.7. The molecule has 2 aliphatic rings. The lowest BCUT2D eigenvalue weighted by Gasteiger charge is -2.41. The Morgan fingerprint density at radius 2 is 1.56 bits per heavy atom. The summed E-state index contributed by atoms with van der Waals surface area (Å²) >= 11 is 0. The fourth-order valence-electron chi connectivity index (χ4n) is 6.46. The second-order valence-corrected chi connectivity index (χ2v) is 12.6. The van der Waals surface area contributed by atoms with E-state index in [0.29, 0.717) is 0 Å². The van der Waals surface area contributed by atoms with E-state index in [1.807, 2.05) is 17.0 Å². The van der Waals surface area contributed by atoms with Crippen molar-refractivity contribution >= 4 is 26.8 Å². The molecule has 0 fully saturated rings. The minimum absolute atomic E-state index is 0.126. The summed E-state index contributed by atoms with van der Waals surface area (Å²) in [5.41, 5.74) is 6.35. The van der Waals surface area contributed by atoms with Gasteiger partial charge >= 0.3 is 10.2 Å². The van der Waals surface area contributed by atoms with E-state index in [4.69, 9.17) is 10.2 Å². The topological polar surface area (TPSA) is 97.3 Å². The molecular formula is C36H32N6O2S. The van der Waals surface area contributed by atoms with E-state index in [9.17, 15) is 8.42 Å². The van der Waals surface area contributed by atoms with Gasteiger partial charge in [0.1, 0.15) is 5.54 Å². The van der Waals surface area contributed by atoms with Crippen molar-refractivity contribution in [3.8, 4) is 11.1 Å². The van der Waals surface area contributed by atoms with Gasteiger partial charge in [0.2, 0.25) is 0 Å². The molecule has 0 bridgehead atoms. The van der Waals surface area contributed by atoms with Gasteiger partial charge in [-0.3, -0.25) is 9.67 Å². The van der Waals surface area contributed by atoms with Crippen molar-refractivity contribution in [3.63, 3.8) is 0 Å². The van der Waals surface area contributed by atoms with Gasteiger partial charge in [-0.1, -0.05) is 91.0 Å². The molecular weight excluding hydrogens is 581 g/mol.